The van der Waals surface area contributed by atoms with Crippen molar-refractivity contribution in [1.82, 2.24) is 0 Å². The van der Waals surface area contributed by atoms with Crippen LogP contribution in [0.3, 0.4) is 0 Å². The molecule has 2 aromatic carbocycles. The van der Waals surface area contributed by atoms with Gasteiger partial charge in [0.15, 0.2) is 0 Å². The van der Waals surface area contributed by atoms with Crippen LogP contribution in [0.4, 0.5) is 10.1 Å². The van der Waals surface area contributed by atoms with Crippen LogP contribution in [0.25, 0.3) is 0 Å². The monoisotopic (exact) mass is 345 g/mol. The van der Waals surface area contributed by atoms with Gasteiger partial charge in [-0.2, -0.15) is 0 Å². The highest BCUT2D eigenvalue weighted by Crippen LogP contribution is 2.42. The van der Waals surface area contributed by atoms with E-state index in [-0.39, 0.29) is 5.82 Å². The lowest BCUT2D eigenvalue weighted by Gasteiger charge is -2.41. The SMILES string of the molecule is CCO[C@@H]1c2cc(NCc3ccc(F)cc3)ccc2OC(C)(C)[C@H]1O. The normalized spacial score (nSPS) is 21.3. The Morgan fingerprint density at radius 2 is 1.92 bits per heavy atom. The zero-order chi connectivity index (χ0) is 18.0. The summed E-state index contributed by atoms with van der Waals surface area (Å²) < 4.78 is 24.7. The quantitative estimate of drug-likeness (QED) is 0.858. The summed E-state index contributed by atoms with van der Waals surface area (Å²) in [5.74, 6) is 0.479. The molecule has 2 N–H and O–H groups in total. The number of aliphatic hydroxyl groups excluding tert-OH is 1. The number of ether oxygens (including phenoxy) is 2. The Morgan fingerprint density at radius 1 is 1.20 bits per heavy atom. The molecule has 25 heavy (non-hydrogen) atoms. The van der Waals surface area contributed by atoms with Crippen molar-refractivity contribution in [3.8, 4) is 5.75 Å². The average molecular weight is 345 g/mol. The van der Waals surface area contributed by atoms with E-state index in [9.17, 15) is 9.50 Å². The Labute approximate surface area is 147 Å². The summed E-state index contributed by atoms with van der Waals surface area (Å²) in [6.07, 6.45) is -1.19. The lowest BCUT2D eigenvalue weighted by atomic mass is 9.88. The molecular weight excluding hydrogens is 321 g/mol. The maximum atomic E-state index is 13.0. The summed E-state index contributed by atoms with van der Waals surface area (Å²) in [6.45, 7) is 6.70. The number of rotatable bonds is 5. The van der Waals surface area contributed by atoms with E-state index in [1.165, 1.54) is 12.1 Å². The Balaban J connectivity index is 1.81. The molecule has 0 aliphatic carbocycles. The van der Waals surface area contributed by atoms with E-state index in [0.29, 0.717) is 13.2 Å². The second kappa shape index (κ2) is 7.02. The molecule has 2 aromatic rings. The van der Waals surface area contributed by atoms with Gasteiger partial charge in [-0.25, -0.2) is 4.39 Å². The molecule has 2 atom stereocenters. The lowest BCUT2D eigenvalue weighted by molar-refractivity contribution is -0.132. The molecule has 1 aliphatic heterocycles. The van der Waals surface area contributed by atoms with Crippen LogP contribution in [0.5, 0.6) is 5.75 Å². The van der Waals surface area contributed by atoms with Crippen LogP contribution in [0.15, 0.2) is 42.5 Å². The van der Waals surface area contributed by atoms with Crippen molar-refractivity contribution in [1.29, 1.82) is 0 Å². The van der Waals surface area contributed by atoms with Crippen molar-refractivity contribution in [3.63, 3.8) is 0 Å². The average Bonchev–Trinajstić information content (AvgIpc) is 2.58. The fraction of sp³-hybridized carbons (Fsp3) is 0.400. The Hall–Kier alpha value is -2.11. The van der Waals surface area contributed by atoms with Crippen LogP contribution in [-0.4, -0.2) is 23.4 Å². The number of aliphatic hydroxyl groups is 1. The first-order valence-corrected chi connectivity index (χ1v) is 8.51. The van der Waals surface area contributed by atoms with E-state index in [0.717, 1.165) is 22.6 Å². The highest BCUT2D eigenvalue weighted by atomic mass is 19.1. The summed E-state index contributed by atoms with van der Waals surface area (Å²) in [5, 5.41) is 13.9. The van der Waals surface area contributed by atoms with E-state index in [2.05, 4.69) is 5.32 Å². The molecule has 3 rings (SSSR count). The van der Waals surface area contributed by atoms with Crippen LogP contribution in [0.1, 0.15) is 38.0 Å². The summed E-state index contributed by atoms with van der Waals surface area (Å²) in [5.41, 5.74) is 1.99. The van der Waals surface area contributed by atoms with Gasteiger partial charge < -0.3 is 19.9 Å². The molecule has 134 valence electrons. The molecule has 0 saturated heterocycles. The number of hydrogen-bond acceptors (Lipinski definition) is 4. The summed E-state index contributed by atoms with van der Waals surface area (Å²) in [6, 6.07) is 12.2. The number of anilines is 1. The number of fused-ring (bicyclic) bond motifs is 1. The molecule has 0 amide bonds. The maximum absolute atomic E-state index is 13.0. The standard InChI is InChI=1S/C20H24FNO3/c1-4-24-18-16-11-15(22-12-13-5-7-14(21)8-6-13)9-10-17(16)25-20(2,3)19(18)23/h5-11,18-19,22-23H,4,12H2,1-3H3/t18-,19+/m1/s1. The second-order valence-electron chi connectivity index (χ2n) is 6.76. The van der Waals surface area contributed by atoms with E-state index in [1.807, 2.05) is 39.0 Å². The molecule has 0 unspecified atom stereocenters. The number of nitrogens with one attached hydrogen (secondary N) is 1. The molecular formula is C20H24FNO3. The zero-order valence-corrected chi connectivity index (χ0v) is 14.8. The first-order chi connectivity index (χ1) is 11.9. The largest absolute Gasteiger partial charge is 0.485 e. The predicted octanol–water partition coefficient (Wildman–Crippen LogP) is 4.05. The van der Waals surface area contributed by atoms with Gasteiger partial charge in [0, 0.05) is 24.4 Å². The minimum atomic E-state index is -0.757. The molecule has 0 fully saturated rings. The van der Waals surface area contributed by atoms with Crippen molar-refractivity contribution in [3.05, 3.63) is 59.4 Å². The minimum absolute atomic E-state index is 0.245. The van der Waals surface area contributed by atoms with Gasteiger partial charge in [-0.05, 0) is 56.7 Å². The number of hydrogen-bond donors (Lipinski definition) is 2. The van der Waals surface area contributed by atoms with Crippen molar-refractivity contribution in [2.24, 2.45) is 0 Å². The molecule has 1 heterocycles. The first kappa shape index (κ1) is 17.7. The molecule has 0 bridgehead atoms. The lowest BCUT2D eigenvalue weighted by Crippen LogP contribution is -2.49. The van der Waals surface area contributed by atoms with Gasteiger partial charge >= 0.3 is 0 Å². The fourth-order valence-electron chi connectivity index (χ4n) is 3.02. The van der Waals surface area contributed by atoms with Crippen LogP contribution in [0, 0.1) is 5.82 Å². The third kappa shape index (κ3) is 3.78. The number of benzene rings is 2. The predicted molar refractivity (Wildman–Crippen MR) is 95.2 cm³/mol. The smallest absolute Gasteiger partial charge is 0.132 e. The summed E-state index contributed by atoms with van der Waals surface area (Å²) in [7, 11) is 0. The molecule has 1 aliphatic rings. The zero-order valence-electron chi connectivity index (χ0n) is 14.8. The van der Waals surface area contributed by atoms with Gasteiger partial charge in [0.1, 0.15) is 29.4 Å². The van der Waals surface area contributed by atoms with Crippen molar-refractivity contribution < 1.29 is 19.0 Å². The fourth-order valence-corrected chi connectivity index (χ4v) is 3.02. The maximum Gasteiger partial charge on any atom is 0.132 e. The van der Waals surface area contributed by atoms with Gasteiger partial charge in [-0.3, -0.25) is 0 Å². The molecule has 4 nitrogen and oxygen atoms in total. The molecule has 0 radical (unpaired) electrons. The minimum Gasteiger partial charge on any atom is -0.485 e. The Kier molecular flexibility index (Phi) is 4.97. The molecule has 0 saturated carbocycles. The van der Waals surface area contributed by atoms with Crippen molar-refractivity contribution in [2.75, 3.05) is 11.9 Å². The third-order valence-electron chi connectivity index (χ3n) is 4.44. The van der Waals surface area contributed by atoms with E-state index in [1.54, 1.807) is 12.1 Å². The Morgan fingerprint density at radius 3 is 2.60 bits per heavy atom. The third-order valence-corrected chi connectivity index (χ3v) is 4.44. The summed E-state index contributed by atoms with van der Waals surface area (Å²) in [4.78, 5) is 0. The van der Waals surface area contributed by atoms with Crippen LogP contribution < -0.4 is 10.1 Å². The van der Waals surface area contributed by atoms with Crippen LogP contribution in [0.2, 0.25) is 0 Å². The van der Waals surface area contributed by atoms with Crippen molar-refractivity contribution in [2.45, 2.75) is 45.1 Å². The molecule has 0 spiro atoms. The van der Waals surface area contributed by atoms with E-state index >= 15 is 0 Å². The van der Waals surface area contributed by atoms with E-state index < -0.39 is 17.8 Å². The molecule has 0 aromatic heterocycles. The van der Waals surface area contributed by atoms with Gasteiger partial charge in [-0.1, -0.05) is 12.1 Å². The first-order valence-electron chi connectivity index (χ1n) is 8.51. The van der Waals surface area contributed by atoms with Crippen LogP contribution >= 0.6 is 0 Å². The van der Waals surface area contributed by atoms with Gasteiger partial charge in [0.05, 0.1) is 0 Å². The van der Waals surface area contributed by atoms with Gasteiger partial charge in [-0.15, -0.1) is 0 Å². The van der Waals surface area contributed by atoms with Crippen LogP contribution in [-0.2, 0) is 11.3 Å². The van der Waals surface area contributed by atoms with Gasteiger partial charge in [0.25, 0.3) is 0 Å². The van der Waals surface area contributed by atoms with Crippen molar-refractivity contribution >= 4 is 5.69 Å². The summed E-state index contributed by atoms with van der Waals surface area (Å²) >= 11 is 0. The topological polar surface area (TPSA) is 50.7 Å². The highest BCUT2D eigenvalue weighted by molar-refractivity contribution is 5.53. The van der Waals surface area contributed by atoms with Gasteiger partial charge in [0.2, 0.25) is 0 Å². The Bertz CT molecular complexity index is 730. The number of halogens is 1. The molecule has 5 heteroatoms. The highest BCUT2D eigenvalue weighted by Gasteiger charge is 2.43. The van der Waals surface area contributed by atoms with E-state index in [4.69, 9.17) is 9.47 Å². The second-order valence-corrected chi connectivity index (χ2v) is 6.76.